The molecule has 0 spiro atoms. The molecule has 0 saturated carbocycles. The maximum absolute atomic E-state index is 10.7. The zero-order valence-corrected chi connectivity index (χ0v) is 19.0. The highest BCUT2D eigenvalue weighted by atomic mass is 16.6. The van der Waals surface area contributed by atoms with Gasteiger partial charge in [-0.3, -0.25) is 0 Å². The highest BCUT2D eigenvalue weighted by Gasteiger charge is 2.10. The third-order valence-corrected chi connectivity index (χ3v) is 5.75. The van der Waals surface area contributed by atoms with Crippen LogP contribution in [-0.2, 0) is 22.8 Å². The first kappa shape index (κ1) is 22.2. The van der Waals surface area contributed by atoms with E-state index in [4.69, 9.17) is 14.7 Å². The van der Waals surface area contributed by atoms with Crippen molar-refractivity contribution in [3.05, 3.63) is 114 Å². The Morgan fingerprint density at radius 1 is 0.886 bits per heavy atom. The molecule has 0 aliphatic carbocycles. The predicted octanol–water partition coefficient (Wildman–Crippen LogP) is 5.86. The van der Waals surface area contributed by atoms with Gasteiger partial charge in [-0.1, -0.05) is 71.9 Å². The number of hydrogen-bond acceptors (Lipinski definition) is 4. The van der Waals surface area contributed by atoms with Gasteiger partial charge in [0.1, 0.15) is 12.4 Å². The van der Waals surface area contributed by atoms with Crippen molar-refractivity contribution >= 4 is 33.9 Å². The Balaban J connectivity index is 1.41. The van der Waals surface area contributed by atoms with Gasteiger partial charge in [0, 0.05) is 29.2 Å². The standard InChI is InChI=1S/C29H24N2O4/c32-29(33)20-35-30-16-25-18-31(17-21-6-2-1-3-7-21)28-13-12-26(15-27(25)28)34-19-22-10-11-23-8-4-5-9-24(23)14-22/h1-16,18H,17,19-20H2,(H,32,33). The third-order valence-electron chi connectivity index (χ3n) is 5.75. The van der Waals surface area contributed by atoms with Crippen LogP contribution in [0.2, 0.25) is 0 Å². The summed E-state index contributed by atoms with van der Waals surface area (Å²) in [4.78, 5) is 15.6. The van der Waals surface area contributed by atoms with Gasteiger partial charge in [0.2, 0.25) is 6.61 Å². The van der Waals surface area contributed by atoms with Crippen LogP contribution >= 0.6 is 0 Å². The lowest BCUT2D eigenvalue weighted by atomic mass is 10.1. The molecular formula is C29H24N2O4. The van der Waals surface area contributed by atoms with Crippen LogP contribution < -0.4 is 4.74 Å². The van der Waals surface area contributed by atoms with Gasteiger partial charge in [-0.2, -0.15) is 0 Å². The quantitative estimate of drug-likeness (QED) is 0.219. The molecule has 0 unspecified atom stereocenters. The largest absolute Gasteiger partial charge is 0.489 e. The maximum atomic E-state index is 10.7. The second-order valence-corrected chi connectivity index (χ2v) is 8.25. The monoisotopic (exact) mass is 464 g/mol. The number of nitrogens with zero attached hydrogens (tertiary/aromatic N) is 2. The minimum absolute atomic E-state index is 0.451. The number of carboxylic acid groups (broad SMARTS) is 1. The van der Waals surface area contributed by atoms with Crippen LogP contribution in [0.5, 0.6) is 5.75 Å². The van der Waals surface area contributed by atoms with Crippen LogP contribution in [0.15, 0.2) is 102 Å². The number of rotatable bonds is 9. The normalized spacial score (nSPS) is 11.3. The van der Waals surface area contributed by atoms with E-state index in [9.17, 15) is 4.79 Å². The Kier molecular flexibility index (Phi) is 6.44. The number of aromatic nitrogens is 1. The SMILES string of the molecule is O=C(O)CON=Cc1cn(Cc2ccccc2)c2ccc(OCc3ccc4ccccc4c3)cc12. The molecule has 0 aliphatic rings. The van der Waals surface area contributed by atoms with Crippen LogP contribution in [0.1, 0.15) is 16.7 Å². The summed E-state index contributed by atoms with van der Waals surface area (Å²) in [5.74, 6) is -0.331. The molecule has 35 heavy (non-hydrogen) atoms. The fraction of sp³-hybridized carbons (Fsp3) is 0.103. The molecule has 5 aromatic rings. The Labute approximate surface area is 202 Å². The number of carboxylic acids is 1. The van der Waals surface area contributed by atoms with E-state index < -0.39 is 12.6 Å². The summed E-state index contributed by atoms with van der Waals surface area (Å²) in [6, 6.07) is 30.7. The summed E-state index contributed by atoms with van der Waals surface area (Å²) in [6.45, 7) is 0.657. The molecule has 1 aromatic heterocycles. The number of oxime groups is 1. The van der Waals surface area contributed by atoms with E-state index in [1.165, 1.54) is 16.3 Å². The van der Waals surface area contributed by atoms with Crippen molar-refractivity contribution < 1.29 is 19.5 Å². The highest BCUT2D eigenvalue weighted by molar-refractivity contribution is 6.00. The number of aliphatic carboxylic acids is 1. The van der Waals surface area contributed by atoms with Gasteiger partial charge in [0.15, 0.2) is 0 Å². The number of fused-ring (bicyclic) bond motifs is 2. The minimum atomic E-state index is -1.07. The fourth-order valence-electron chi connectivity index (χ4n) is 4.09. The molecule has 0 fully saturated rings. The van der Waals surface area contributed by atoms with Gasteiger partial charge >= 0.3 is 5.97 Å². The predicted molar refractivity (Wildman–Crippen MR) is 137 cm³/mol. The summed E-state index contributed by atoms with van der Waals surface area (Å²) in [5, 5.41) is 16.0. The Hall–Kier alpha value is -4.58. The molecule has 5 rings (SSSR count). The molecule has 174 valence electrons. The first-order valence-corrected chi connectivity index (χ1v) is 11.3. The third kappa shape index (κ3) is 5.33. The first-order valence-electron chi connectivity index (χ1n) is 11.3. The maximum Gasteiger partial charge on any atom is 0.344 e. The molecule has 1 N–H and O–H groups in total. The average molecular weight is 465 g/mol. The molecule has 0 radical (unpaired) electrons. The molecule has 1 heterocycles. The Bertz CT molecular complexity index is 1510. The minimum Gasteiger partial charge on any atom is -0.489 e. The van der Waals surface area contributed by atoms with Crippen LogP contribution in [0.25, 0.3) is 21.7 Å². The number of benzene rings is 4. The van der Waals surface area contributed by atoms with E-state index in [-0.39, 0.29) is 0 Å². The molecule has 6 nitrogen and oxygen atoms in total. The van der Waals surface area contributed by atoms with Crippen molar-refractivity contribution in [1.29, 1.82) is 0 Å². The van der Waals surface area contributed by atoms with Crippen LogP contribution in [0.3, 0.4) is 0 Å². The summed E-state index contributed by atoms with van der Waals surface area (Å²) < 4.78 is 8.26. The van der Waals surface area contributed by atoms with Crippen molar-refractivity contribution in [2.24, 2.45) is 5.16 Å². The van der Waals surface area contributed by atoms with Crippen LogP contribution in [0, 0.1) is 0 Å². The summed E-state index contributed by atoms with van der Waals surface area (Å²) in [6.07, 6.45) is 3.53. The number of carbonyl (C=O) groups is 1. The van der Waals surface area contributed by atoms with E-state index in [0.717, 1.165) is 27.8 Å². The highest BCUT2D eigenvalue weighted by Crippen LogP contribution is 2.27. The summed E-state index contributed by atoms with van der Waals surface area (Å²) >= 11 is 0. The molecule has 0 saturated heterocycles. The van der Waals surface area contributed by atoms with Crippen molar-refractivity contribution in [2.45, 2.75) is 13.2 Å². The van der Waals surface area contributed by atoms with E-state index >= 15 is 0 Å². The molecule has 6 heteroatoms. The van der Waals surface area contributed by atoms with Crippen molar-refractivity contribution in [1.82, 2.24) is 4.57 Å². The van der Waals surface area contributed by atoms with Gasteiger partial charge in [0.25, 0.3) is 0 Å². The lowest BCUT2D eigenvalue weighted by Gasteiger charge is -2.09. The van der Waals surface area contributed by atoms with Gasteiger partial charge in [0.05, 0.1) is 6.21 Å². The molecule has 0 aliphatic heterocycles. The second kappa shape index (κ2) is 10.1. The van der Waals surface area contributed by atoms with Crippen molar-refractivity contribution in [3.8, 4) is 5.75 Å². The van der Waals surface area contributed by atoms with E-state index in [1.54, 1.807) is 6.21 Å². The van der Waals surface area contributed by atoms with Crippen molar-refractivity contribution in [3.63, 3.8) is 0 Å². The van der Waals surface area contributed by atoms with Gasteiger partial charge in [-0.25, -0.2) is 4.79 Å². The second-order valence-electron chi connectivity index (χ2n) is 8.25. The van der Waals surface area contributed by atoms with Crippen LogP contribution in [0.4, 0.5) is 0 Å². The zero-order chi connectivity index (χ0) is 24.0. The van der Waals surface area contributed by atoms with Crippen molar-refractivity contribution in [2.75, 3.05) is 6.61 Å². The molecule has 4 aromatic carbocycles. The van der Waals surface area contributed by atoms with E-state index in [2.05, 4.69) is 52.2 Å². The van der Waals surface area contributed by atoms with Gasteiger partial charge < -0.3 is 19.2 Å². The summed E-state index contributed by atoms with van der Waals surface area (Å²) in [5.41, 5.74) is 4.10. The summed E-state index contributed by atoms with van der Waals surface area (Å²) in [7, 11) is 0. The van der Waals surface area contributed by atoms with Gasteiger partial charge in [-0.15, -0.1) is 0 Å². The molecule has 0 bridgehead atoms. The molecule has 0 amide bonds. The van der Waals surface area contributed by atoms with E-state index in [0.29, 0.717) is 13.2 Å². The molecular weight excluding hydrogens is 440 g/mol. The zero-order valence-electron chi connectivity index (χ0n) is 19.0. The first-order chi connectivity index (χ1) is 17.2. The van der Waals surface area contributed by atoms with E-state index in [1.807, 2.05) is 54.7 Å². The topological polar surface area (TPSA) is 73.0 Å². The molecule has 0 atom stereocenters. The van der Waals surface area contributed by atoms with Crippen LogP contribution in [-0.4, -0.2) is 28.5 Å². The number of ether oxygens (including phenoxy) is 1. The Morgan fingerprint density at radius 2 is 1.69 bits per heavy atom. The average Bonchev–Trinajstić information content (AvgIpc) is 3.22. The smallest absolute Gasteiger partial charge is 0.344 e. The lowest BCUT2D eigenvalue weighted by molar-refractivity contribution is -0.142. The number of hydrogen-bond donors (Lipinski definition) is 1. The lowest BCUT2D eigenvalue weighted by Crippen LogP contribution is -2.03. The fourth-order valence-corrected chi connectivity index (χ4v) is 4.09. The van der Waals surface area contributed by atoms with Gasteiger partial charge in [-0.05, 0) is 46.2 Å². The Morgan fingerprint density at radius 3 is 2.51 bits per heavy atom.